The highest BCUT2D eigenvalue weighted by atomic mass is 79.9. The van der Waals surface area contributed by atoms with Crippen molar-refractivity contribution in [3.8, 4) is 0 Å². The third kappa shape index (κ3) is 2.88. The zero-order valence-electron chi connectivity index (χ0n) is 10.7. The molecule has 2 rings (SSSR count). The summed E-state index contributed by atoms with van der Waals surface area (Å²) in [6.07, 6.45) is -2.71. The minimum atomic E-state index is -4.34. The molecule has 1 aromatic carbocycles. The average Bonchev–Trinajstić information content (AvgIpc) is 2.78. The summed E-state index contributed by atoms with van der Waals surface area (Å²) < 4.78 is 40.0. The van der Waals surface area contributed by atoms with Gasteiger partial charge in [-0.1, -0.05) is 12.1 Å². The summed E-state index contributed by atoms with van der Waals surface area (Å²) in [4.78, 5) is 0. The Kier molecular flexibility index (Phi) is 4.19. The van der Waals surface area contributed by atoms with E-state index in [1.165, 1.54) is 12.1 Å². The second kappa shape index (κ2) is 5.57. The van der Waals surface area contributed by atoms with E-state index in [-0.39, 0.29) is 0 Å². The van der Waals surface area contributed by atoms with E-state index in [2.05, 4.69) is 21.0 Å². The lowest BCUT2D eigenvalue weighted by molar-refractivity contribution is -0.137. The van der Waals surface area contributed by atoms with Gasteiger partial charge in [-0.05, 0) is 40.5 Å². The zero-order chi connectivity index (χ0) is 14.9. The highest BCUT2D eigenvalue weighted by Crippen LogP contribution is 2.31. The van der Waals surface area contributed by atoms with Gasteiger partial charge < -0.3 is 5.73 Å². The zero-order valence-corrected chi connectivity index (χ0v) is 12.2. The van der Waals surface area contributed by atoms with E-state index < -0.39 is 17.8 Å². The monoisotopic (exact) mass is 347 g/mol. The first-order valence-corrected chi connectivity index (χ1v) is 6.77. The number of alkyl halides is 3. The summed E-state index contributed by atoms with van der Waals surface area (Å²) in [7, 11) is 0. The van der Waals surface area contributed by atoms with Gasteiger partial charge in [0, 0.05) is 6.54 Å². The van der Waals surface area contributed by atoms with Gasteiger partial charge in [-0.2, -0.15) is 18.3 Å². The second-order valence-electron chi connectivity index (χ2n) is 4.29. The number of nitrogens with two attached hydrogens (primary N) is 1. The Hall–Kier alpha value is -1.34. The van der Waals surface area contributed by atoms with Crippen molar-refractivity contribution < 1.29 is 13.2 Å². The molecule has 0 amide bonds. The number of aryl methyl sites for hydroxylation is 1. The quantitative estimate of drug-likeness (QED) is 0.919. The van der Waals surface area contributed by atoms with Crippen LogP contribution in [0.1, 0.15) is 29.8 Å². The van der Waals surface area contributed by atoms with Crippen molar-refractivity contribution in [1.29, 1.82) is 0 Å². The Labute approximate surface area is 122 Å². The van der Waals surface area contributed by atoms with Crippen molar-refractivity contribution in [2.75, 3.05) is 0 Å². The molecular formula is C13H13BrF3N3. The molecule has 2 aromatic rings. The molecule has 1 unspecified atom stereocenters. The van der Waals surface area contributed by atoms with Gasteiger partial charge in [-0.15, -0.1) is 0 Å². The standard InChI is InChI=1S/C13H13BrF3N3/c1-2-20-12(10(14)7-19-20)11(18)8-3-5-9(6-4-8)13(15,16)17/h3-7,11H,2,18H2,1H3. The highest BCUT2D eigenvalue weighted by Gasteiger charge is 2.30. The molecule has 0 saturated heterocycles. The summed E-state index contributed by atoms with van der Waals surface area (Å²) in [6.45, 7) is 2.55. The number of hydrogen-bond donors (Lipinski definition) is 1. The van der Waals surface area contributed by atoms with E-state index in [1.54, 1.807) is 10.9 Å². The number of aromatic nitrogens is 2. The minimum absolute atomic E-state index is 0.533. The van der Waals surface area contributed by atoms with E-state index in [1.807, 2.05) is 6.92 Å². The molecule has 0 aliphatic carbocycles. The summed E-state index contributed by atoms with van der Waals surface area (Å²) in [5, 5.41) is 4.15. The third-order valence-electron chi connectivity index (χ3n) is 3.02. The van der Waals surface area contributed by atoms with Crippen LogP contribution in [0.4, 0.5) is 13.2 Å². The average molecular weight is 348 g/mol. The Morgan fingerprint density at radius 3 is 2.40 bits per heavy atom. The molecule has 2 N–H and O–H groups in total. The normalized spacial score (nSPS) is 13.5. The van der Waals surface area contributed by atoms with Gasteiger partial charge >= 0.3 is 6.18 Å². The molecule has 0 radical (unpaired) electrons. The van der Waals surface area contributed by atoms with Crippen LogP contribution < -0.4 is 5.73 Å². The number of nitrogens with zero attached hydrogens (tertiary/aromatic N) is 2. The fourth-order valence-electron chi connectivity index (χ4n) is 1.97. The molecular weight excluding hydrogens is 335 g/mol. The molecule has 0 aliphatic rings. The summed E-state index contributed by atoms with van der Waals surface area (Å²) in [5.41, 5.74) is 6.79. The molecule has 0 saturated carbocycles. The Morgan fingerprint density at radius 2 is 1.90 bits per heavy atom. The number of rotatable bonds is 3. The van der Waals surface area contributed by atoms with Crippen LogP contribution >= 0.6 is 15.9 Å². The van der Waals surface area contributed by atoms with Crippen LogP contribution in [0, 0.1) is 0 Å². The first kappa shape index (κ1) is 15.1. The topological polar surface area (TPSA) is 43.8 Å². The van der Waals surface area contributed by atoms with E-state index in [4.69, 9.17) is 5.73 Å². The van der Waals surface area contributed by atoms with Gasteiger partial charge in [0.1, 0.15) is 0 Å². The molecule has 0 aliphatic heterocycles. The Balaban J connectivity index is 2.34. The smallest absolute Gasteiger partial charge is 0.319 e. The van der Waals surface area contributed by atoms with Crippen molar-refractivity contribution in [3.63, 3.8) is 0 Å². The van der Waals surface area contributed by atoms with Crippen molar-refractivity contribution in [2.45, 2.75) is 25.7 Å². The van der Waals surface area contributed by atoms with Crippen LogP contribution in [-0.4, -0.2) is 9.78 Å². The first-order chi connectivity index (χ1) is 9.34. The van der Waals surface area contributed by atoms with Crippen LogP contribution in [0.2, 0.25) is 0 Å². The molecule has 0 spiro atoms. The fourth-order valence-corrected chi connectivity index (χ4v) is 2.51. The van der Waals surface area contributed by atoms with Crippen LogP contribution in [-0.2, 0) is 12.7 Å². The van der Waals surface area contributed by atoms with E-state index in [0.717, 1.165) is 22.3 Å². The molecule has 108 valence electrons. The second-order valence-corrected chi connectivity index (χ2v) is 5.15. The van der Waals surface area contributed by atoms with Gasteiger partial charge in [-0.3, -0.25) is 4.68 Å². The summed E-state index contributed by atoms with van der Waals surface area (Å²) >= 11 is 3.36. The van der Waals surface area contributed by atoms with Gasteiger partial charge in [0.15, 0.2) is 0 Å². The lowest BCUT2D eigenvalue weighted by Crippen LogP contribution is -2.18. The first-order valence-electron chi connectivity index (χ1n) is 5.98. The van der Waals surface area contributed by atoms with E-state index >= 15 is 0 Å². The molecule has 7 heteroatoms. The lowest BCUT2D eigenvalue weighted by atomic mass is 10.0. The maximum Gasteiger partial charge on any atom is 0.416 e. The molecule has 1 aromatic heterocycles. The van der Waals surface area contributed by atoms with Gasteiger partial charge in [0.05, 0.1) is 28.0 Å². The van der Waals surface area contributed by atoms with Crippen LogP contribution in [0.25, 0.3) is 0 Å². The van der Waals surface area contributed by atoms with Crippen molar-refractivity contribution in [3.05, 3.63) is 51.8 Å². The Morgan fingerprint density at radius 1 is 1.30 bits per heavy atom. The van der Waals surface area contributed by atoms with E-state index in [0.29, 0.717) is 12.1 Å². The van der Waals surface area contributed by atoms with E-state index in [9.17, 15) is 13.2 Å². The van der Waals surface area contributed by atoms with Crippen LogP contribution in [0.3, 0.4) is 0 Å². The van der Waals surface area contributed by atoms with Crippen molar-refractivity contribution in [2.24, 2.45) is 5.73 Å². The number of hydrogen-bond acceptors (Lipinski definition) is 2. The largest absolute Gasteiger partial charge is 0.416 e. The highest BCUT2D eigenvalue weighted by molar-refractivity contribution is 9.10. The molecule has 0 bridgehead atoms. The molecule has 1 heterocycles. The minimum Gasteiger partial charge on any atom is -0.319 e. The number of benzene rings is 1. The predicted octanol–water partition coefficient (Wildman–Crippen LogP) is 3.73. The van der Waals surface area contributed by atoms with Crippen LogP contribution in [0.5, 0.6) is 0 Å². The van der Waals surface area contributed by atoms with Crippen LogP contribution in [0.15, 0.2) is 34.9 Å². The predicted molar refractivity (Wildman–Crippen MR) is 73.1 cm³/mol. The van der Waals surface area contributed by atoms with Crippen molar-refractivity contribution in [1.82, 2.24) is 9.78 Å². The Bertz CT molecular complexity index is 590. The van der Waals surface area contributed by atoms with Gasteiger partial charge in [0.2, 0.25) is 0 Å². The molecule has 20 heavy (non-hydrogen) atoms. The molecule has 3 nitrogen and oxygen atoms in total. The number of halogens is 4. The van der Waals surface area contributed by atoms with Gasteiger partial charge in [-0.25, -0.2) is 0 Å². The maximum atomic E-state index is 12.5. The van der Waals surface area contributed by atoms with Gasteiger partial charge in [0.25, 0.3) is 0 Å². The third-order valence-corrected chi connectivity index (χ3v) is 3.64. The summed E-state index contributed by atoms with van der Waals surface area (Å²) in [5.74, 6) is 0. The fraction of sp³-hybridized carbons (Fsp3) is 0.308. The summed E-state index contributed by atoms with van der Waals surface area (Å²) in [6, 6.07) is 4.33. The lowest BCUT2D eigenvalue weighted by Gasteiger charge is -2.15. The molecule has 1 atom stereocenters. The molecule has 0 fully saturated rings. The van der Waals surface area contributed by atoms with Crippen molar-refractivity contribution >= 4 is 15.9 Å². The maximum absolute atomic E-state index is 12.5. The SMILES string of the molecule is CCn1ncc(Br)c1C(N)c1ccc(C(F)(F)F)cc1.